The minimum Gasteiger partial charge on any atom is -0.350 e. The van der Waals surface area contributed by atoms with Crippen molar-refractivity contribution in [2.24, 2.45) is 0 Å². The van der Waals surface area contributed by atoms with Crippen molar-refractivity contribution in [3.63, 3.8) is 0 Å². The standard InChI is InChI=1S/C19H14F3NO3S2/c20-12-6-8-13(9-7-12)28(25,26)17(16-5-2-10-27-16)11-23-19(24)18-14(21)3-1-4-15(18)22/h1-10,17H,11H2,(H,23,24)/t17-/m1/s1. The third kappa shape index (κ3) is 4.10. The first-order valence-corrected chi connectivity index (χ1v) is 10.5. The van der Waals surface area contributed by atoms with Gasteiger partial charge in [0, 0.05) is 11.4 Å². The SMILES string of the molecule is O=C(NC[C@H](c1cccs1)S(=O)(=O)c1ccc(F)cc1)c1c(F)cccc1F. The van der Waals surface area contributed by atoms with Crippen LogP contribution in [0.1, 0.15) is 20.5 Å². The monoisotopic (exact) mass is 425 g/mol. The number of sulfone groups is 1. The molecule has 1 heterocycles. The summed E-state index contributed by atoms with van der Waals surface area (Å²) in [5.74, 6) is -3.75. The number of carbonyl (C=O) groups excluding carboxylic acids is 1. The summed E-state index contributed by atoms with van der Waals surface area (Å²) < 4.78 is 66.7. The van der Waals surface area contributed by atoms with Gasteiger partial charge < -0.3 is 5.32 Å². The van der Waals surface area contributed by atoms with Gasteiger partial charge in [0.2, 0.25) is 0 Å². The molecule has 28 heavy (non-hydrogen) atoms. The second-order valence-electron chi connectivity index (χ2n) is 5.81. The number of thiophene rings is 1. The highest BCUT2D eigenvalue weighted by molar-refractivity contribution is 7.91. The van der Waals surface area contributed by atoms with Gasteiger partial charge in [-0.15, -0.1) is 11.3 Å². The summed E-state index contributed by atoms with van der Waals surface area (Å²) in [5, 5.41) is 2.76. The number of benzene rings is 2. The van der Waals surface area contributed by atoms with Gasteiger partial charge in [0.05, 0.1) is 4.90 Å². The van der Waals surface area contributed by atoms with Crippen LogP contribution in [0.15, 0.2) is 64.9 Å². The fourth-order valence-corrected chi connectivity index (χ4v) is 5.40. The third-order valence-corrected chi connectivity index (χ3v) is 7.25. The first-order chi connectivity index (χ1) is 13.3. The fourth-order valence-electron chi connectivity index (χ4n) is 2.61. The number of amides is 1. The predicted octanol–water partition coefficient (Wildman–Crippen LogP) is 4.11. The summed E-state index contributed by atoms with van der Waals surface area (Å²) in [6, 6.07) is 10.5. The van der Waals surface area contributed by atoms with Crippen molar-refractivity contribution in [3.8, 4) is 0 Å². The molecule has 3 rings (SSSR count). The Labute approximate surface area is 163 Å². The smallest absolute Gasteiger partial charge is 0.257 e. The zero-order valence-electron chi connectivity index (χ0n) is 14.2. The molecule has 0 bridgehead atoms. The lowest BCUT2D eigenvalue weighted by Gasteiger charge is -2.18. The Morgan fingerprint density at radius 2 is 1.61 bits per heavy atom. The Balaban J connectivity index is 1.90. The van der Waals surface area contributed by atoms with Crippen molar-refractivity contribution in [3.05, 3.63) is 87.9 Å². The second kappa shape index (κ2) is 8.15. The molecule has 1 N–H and O–H groups in total. The molecule has 0 radical (unpaired) electrons. The quantitative estimate of drug-likeness (QED) is 0.605. The van der Waals surface area contributed by atoms with Gasteiger partial charge in [-0.05, 0) is 47.8 Å². The van der Waals surface area contributed by atoms with Crippen LogP contribution < -0.4 is 5.32 Å². The zero-order valence-corrected chi connectivity index (χ0v) is 15.9. The fraction of sp³-hybridized carbons (Fsp3) is 0.105. The molecule has 0 saturated carbocycles. The van der Waals surface area contributed by atoms with Crippen molar-refractivity contribution in [1.82, 2.24) is 5.32 Å². The van der Waals surface area contributed by atoms with Gasteiger partial charge in [-0.3, -0.25) is 4.79 Å². The molecule has 1 aromatic heterocycles. The van der Waals surface area contributed by atoms with Crippen molar-refractivity contribution >= 4 is 27.1 Å². The summed E-state index contributed by atoms with van der Waals surface area (Å²) >= 11 is 1.16. The van der Waals surface area contributed by atoms with Crippen LogP contribution in [0.3, 0.4) is 0 Å². The van der Waals surface area contributed by atoms with E-state index in [4.69, 9.17) is 0 Å². The summed E-state index contributed by atoms with van der Waals surface area (Å²) in [7, 11) is -4.00. The van der Waals surface area contributed by atoms with E-state index in [1.807, 2.05) is 0 Å². The van der Waals surface area contributed by atoms with Crippen molar-refractivity contribution in [1.29, 1.82) is 0 Å². The molecule has 2 aromatic carbocycles. The number of carbonyl (C=O) groups is 1. The van der Waals surface area contributed by atoms with Crippen LogP contribution in [0.2, 0.25) is 0 Å². The lowest BCUT2D eigenvalue weighted by molar-refractivity contribution is 0.0945. The van der Waals surface area contributed by atoms with Gasteiger partial charge in [-0.2, -0.15) is 0 Å². The Bertz CT molecular complexity index is 1060. The summed E-state index contributed by atoms with van der Waals surface area (Å²) in [5.41, 5.74) is -0.786. The van der Waals surface area contributed by atoms with Crippen LogP contribution in [0.4, 0.5) is 13.2 Å². The van der Waals surface area contributed by atoms with Crippen molar-refractivity contribution in [2.45, 2.75) is 10.1 Å². The van der Waals surface area contributed by atoms with Crippen molar-refractivity contribution in [2.75, 3.05) is 6.54 Å². The number of nitrogens with one attached hydrogen (secondary N) is 1. The normalized spacial score (nSPS) is 12.5. The van der Waals surface area contributed by atoms with Gasteiger partial charge in [0.15, 0.2) is 9.84 Å². The average Bonchev–Trinajstić information content (AvgIpc) is 3.16. The Morgan fingerprint density at radius 1 is 0.964 bits per heavy atom. The molecule has 9 heteroatoms. The topological polar surface area (TPSA) is 63.2 Å². The van der Waals surface area contributed by atoms with Crippen LogP contribution in [0.25, 0.3) is 0 Å². The van der Waals surface area contributed by atoms with E-state index in [0.29, 0.717) is 4.88 Å². The van der Waals surface area contributed by atoms with Crippen LogP contribution >= 0.6 is 11.3 Å². The van der Waals surface area contributed by atoms with Crippen LogP contribution in [-0.2, 0) is 9.84 Å². The van der Waals surface area contributed by atoms with E-state index in [0.717, 1.165) is 53.8 Å². The second-order valence-corrected chi connectivity index (χ2v) is 8.92. The summed E-state index contributed by atoms with van der Waals surface area (Å²) in [6.45, 7) is -0.410. The van der Waals surface area contributed by atoms with Crippen molar-refractivity contribution < 1.29 is 26.4 Å². The maximum absolute atomic E-state index is 13.8. The molecule has 1 amide bonds. The first kappa shape index (κ1) is 20.1. The Hall–Kier alpha value is -2.65. The molecule has 4 nitrogen and oxygen atoms in total. The lowest BCUT2D eigenvalue weighted by Crippen LogP contribution is -2.32. The molecule has 3 aromatic rings. The van der Waals surface area contributed by atoms with Crippen LogP contribution in [0, 0.1) is 17.5 Å². The predicted molar refractivity (Wildman–Crippen MR) is 99.3 cm³/mol. The van der Waals surface area contributed by atoms with Gasteiger partial charge in [0.25, 0.3) is 5.91 Å². The molecule has 0 saturated heterocycles. The number of hydrogen-bond donors (Lipinski definition) is 1. The van der Waals surface area contributed by atoms with E-state index in [-0.39, 0.29) is 4.90 Å². The number of halogens is 3. The zero-order chi connectivity index (χ0) is 20.3. The van der Waals surface area contributed by atoms with Crippen LogP contribution in [-0.4, -0.2) is 20.9 Å². The molecule has 0 aliphatic rings. The minimum atomic E-state index is -4.00. The first-order valence-electron chi connectivity index (χ1n) is 8.06. The van der Waals surface area contributed by atoms with Gasteiger partial charge in [0.1, 0.15) is 28.3 Å². The number of hydrogen-bond acceptors (Lipinski definition) is 4. The largest absolute Gasteiger partial charge is 0.350 e. The van der Waals surface area contributed by atoms with E-state index >= 15 is 0 Å². The van der Waals surface area contributed by atoms with E-state index in [1.54, 1.807) is 17.5 Å². The van der Waals surface area contributed by atoms with E-state index < -0.39 is 50.6 Å². The molecule has 0 unspecified atom stereocenters. The van der Waals surface area contributed by atoms with E-state index in [1.165, 1.54) is 0 Å². The highest BCUT2D eigenvalue weighted by atomic mass is 32.2. The third-order valence-electron chi connectivity index (χ3n) is 4.02. The maximum atomic E-state index is 13.8. The molecular weight excluding hydrogens is 411 g/mol. The van der Waals surface area contributed by atoms with E-state index in [2.05, 4.69) is 5.32 Å². The molecular formula is C19H14F3NO3S2. The highest BCUT2D eigenvalue weighted by Gasteiger charge is 2.31. The summed E-state index contributed by atoms with van der Waals surface area (Å²) in [4.78, 5) is 12.5. The average molecular weight is 425 g/mol. The maximum Gasteiger partial charge on any atom is 0.257 e. The Kier molecular flexibility index (Phi) is 5.85. The Morgan fingerprint density at radius 3 is 2.18 bits per heavy atom. The molecule has 146 valence electrons. The summed E-state index contributed by atoms with van der Waals surface area (Å²) in [6.07, 6.45) is 0. The van der Waals surface area contributed by atoms with E-state index in [9.17, 15) is 26.4 Å². The molecule has 1 atom stereocenters. The molecule has 0 spiro atoms. The molecule has 0 fully saturated rings. The van der Waals surface area contributed by atoms with Gasteiger partial charge in [-0.1, -0.05) is 12.1 Å². The highest BCUT2D eigenvalue weighted by Crippen LogP contribution is 2.31. The lowest BCUT2D eigenvalue weighted by atomic mass is 10.2. The molecule has 0 aliphatic carbocycles. The number of rotatable bonds is 6. The van der Waals surface area contributed by atoms with Gasteiger partial charge in [-0.25, -0.2) is 21.6 Å². The van der Waals surface area contributed by atoms with Gasteiger partial charge >= 0.3 is 0 Å². The minimum absolute atomic E-state index is 0.126. The molecule has 0 aliphatic heterocycles. The van der Waals surface area contributed by atoms with Crippen LogP contribution in [0.5, 0.6) is 0 Å².